The van der Waals surface area contributed by atoms with Gasteiger partial charge in [0.05, 0.1) is 68.2 Å². The highest BCUT2D eigenvalue weighted by molar-refractivity contribution is 6.07. The summed E-state index contributed by atoms with van der Waals surface area (Å²) in [4.78, 5) is 73.8. The molecule has 2 fully saturated rings. The predicted octanol–water partition coefficient (Wildman–Crippen LogP) is 7.98. The average molecular weight is 882 g/mol. The van der Waals surface area contributed by atoms with Crippen LogP contribution in [0.4, 0.5) is 4.79 Å². The second-order valence-electron chi connectivity index (χ2n) is 17.8. The third-order valence-electron chi connectivity index (χ3n) is 13.4. The number of imidazole rings is 2. The van der Waals surface area contributed by atoms with Gasteiger partial charge in [-0.25, -0.2) is 14.8 Å². The van der Waals surface area contributed by atoms with Gasteiger partial charge in [-0.1, -0.05) is 62.4 Å². The topological polar surface area (TPSA) is 181 Å². The predicted molar refractivity (Wildman–Crippen MR) is 244 cm³/mol. The maximum Gasteiger partial charge on any atom is 0.407 e. The monoisotopic (exact) mass is 881 g/mol. The van der Waals surface area contributed by atoms with Crippen LogP contribution < -0.4 is 10.1 Å². The largest absolute Gasteiger partial charge is 0.488 e. The molecule has 9 rings (SSSR count). The van der Waals surface area contributed by atoms with Crippen molar-refractivity contribution in [1.29, 1.82) is 0 Å². The highest BCUT2D eigenvalue weighted by atomic mass is 16.5. The number of benzene rings is 4. The summed E-state index contributed by atoms with van der Waals surface area (Å²) in [6, 6.07) is 22.6. The maximum atomic E-state index is 14.4. The number of carbonyl (C=O) groups is 4. The third-order valence-corrected chi connectivity index (χ3v) is 13.4. The number of aromatic nitrogens is 4. The van der Waals surface area contributed by atoms with E-state index in [1.165, 1.54) is 14.2 Å². The Morgan fingerprint density at radius 3 is 2.46 bits per heavy atom. The van der Waals surface area contributed by atoms with Gasteiger partial charge in [-0.15, -0.1) is 0 Å². The van der Waals surface area contributed by atoms with Crippen molar-refractivity contribution in [1.82, 2.24) is 35.1 Å². The number of methoxy groups -OCH3 is 3. The van der Waals surface area contributed by atoms with Gasteiger partial charge in [0.1, 0.15) is 30.0 Å². The lowest BCUT2D eigenvalue weighted by molar-refractivity contribution is -0.145. The van der Waals surface area contributed by atoms with Crippen LogP contribution in [0.5, 0.6) is 5.75 Å². The van der Waals surface area contributed by atoms with Crippen molar-refractivity contribution in [3.8, 4) is 28.1 Å². The molecular formula is C50H55N7O8. The van der Waals surface area contributed by atoms with Crippen molar-refractivity contribution in [2.45, 2.75) is 83.1 Å². The molecule has 3 unspecified atom stereocenters. The van der Waals surface area contributed by atoms with Crippen LogP contribution in [0.2, 0.25) is 0 Å². The Bertz CT molecular complexity index is 2770. The van der Waals surface area contributed by atoms with E-state index in [4.69, 9.17) is 28.9 Å². The molecular weight excluding hydrogens is 827 g/mol. The second kappa shape index (κ2) is 18.0. The molecule has 15 nitrogen and oxygen atoms in total. The summed E-state index contributed by atoms with van der Waals surface area (Å²) in [6.45, 7) is 7.19. The Kier molecular flexibility index (Phi) is 12.1. The van der Waals surface area contributed by atoms with E-state index in [2.05, 4.69) is 51.7 Å². The Balaban J connectivity index is 0.974. The van der Waals surface area contributed by atoms with Gasteiger partial charge in [0, 0.05) is 36.6 Å². The number of fused-ring (bicyclic) bond motifs is 6. The lowest BCUT2D eigenvalue weighted by atomic mass is 9.92. The molecule has 6 aromatic rings. The molecule has 3 aliphatic heterocycles. The molecule has 5 heterocycles. The summed E-state index contributed by atoms with van der Waals surface area (Å²) in [5, 5.41) is 4.69. The molecule has 0 spiro atoms. The Morgan fingerprint density at radius 1 is 0.892 bits per heavy atom. The lowest BCUT2D eigenvalue weighted by Gasteiger charge is -2.32. The van der Waals surface area contributed by atoms with E-state index in [0.717, 1.165) is 73.9 Å². The molecule has 3 aliphatic rings. The van der Waals surface area contributed by atoms with Gasteiger partial charge in [0.15, 0.2) is 0 Å². The molecule has 0 aliphatic carbocycles. The summed E-state index contributed by atoms with van der Waals surface area (Å²) in [5.41, 5.74) is 7.26. The van der Waals surface area contributed by atoms with Crippen LogP contribution in [-0.4, -0.2) is 100 Å². The number of amides is 3. The molecule has 2 saturated heterocycles. The zero-order chi connectivity index (χ0) is 45.5. The van der Waals surface area contributed by atoms with Gasteiger partial charge in [-0.2, -0.15) is 0 Å². The standard InChI is InChI=1S/C50H55N7O8/c1-27(2)44(55-50(61)64-6)49(60)57-28(3)12-17-40(57)47-52-38-16-14-31-20-37-34-15-13-32(19-33(34)26-65-42(37)21-35(31)45(38)54-47)39-23-51-46(53-39)41-18-29(25-62-4)24-56(41)48(59)36(22-43(58)63-5)30-10-8-7-9-11-30/h7-11,13-16,19-21,23,27-29,36,40-41,44H,12,17-18,22,24-26H2,1-6H3,(H,51,53)(H,52,54)(H,55,61)/t28-,29?,36+,40-,41?,44?/m0/s1. The molecule has 2 aromatic heterocycles. The molecule has 65 heavy (non-hydrogen) atoms. The smallest absolute Gasteiger partial charge is 0.407 e. The number of aromatic amines is 2. The Labute approximate surface area is 377 Å². The second-order valence-corrected chi connectivity index (χ2v) is 17.8. The maximum absolute atomic E-state index is 14.4. The van der Waals surface area contributed by atoms with Crippen LogP contribution in [0.3, 0.4) is 0 Å². The fraction of sp³-hybridized carbons (Fsp3) is 0.400. The van der Waals surface area contributed by atoms with Gasteiger partial charge in [-0.05, 0) is 84.0 Å². The highest BCUT2D eigenvalue weighted by Crippen LogP contribution is 2.44. The number of nitrogens with one attached hydrogen (secondary N) is 3. The number of rotatable bonds is 12. The minimum Gasteiger partial charge on any atom is -0.488 e. The summed E-state index contributed by atoms with van der Waals surface area (Å²) in [7, 11) is 4.30. The van der Waals surface area contributed by atoms with Crippen LogP contribution in [-0.2, 0) is 35.2 Å². The van der Waals surface area contributed by atoms with E-state index in [9.17, 15) is 19.2 Å². The quantitative estimate of drug-likeness (QED) is 0.102. The normalized spacial score (nSPS) is 20.0. The first-order valence-electron chi connectivity index (χ1n) is 22.3. The molecule has 3 N–H and O–H groups in total. The first kappa shape index (κ1) is 43.5. The molecule has 15 heteroatoms. The summed E-state index contributed by atoms with van der Waals surface area (Å²) >= 11 is 0. The van der Waals surface area contributed by atoms with Crippen LogP contribution in [0.25, 0.3) is 44.2 Å². The van der Waals surface area contributed by atoms with E-state index in [0.29, 0.717) is 37.8 Å². The zero-order valence-corrected chi connectivity index (χ0v) is 37.6. The minimum absolute atomic E-state index is 0.0321. The molecule has 0 saturated carbocycles. The first-order chi connectivity index (χ1) is 31.5. The SMILES string of the molecule is COCC1CC(c2ncc(-c3ccc4c(c3)COc3cc5c(ccc6[nH]c([C@@H]7CC[C@H](C)N7C(=O)C(NC(=O)OC)C(C)C)nc65)cc3-4)[nH]2)N(C(=O)[C@H](CC(=O)OC)c2ccccc2)C1. The van der Waals surface area contributed by atoms with E-state index in [-0.39, 0.29) is 48.2 Å². The number of hydrogen-bond acceptors (Lipinski definition) is 10. The Morgan fingerprint density at radius 2 is 1.71 bits per heavy atom. The number of nitrogens with zero attached hydrogens (tertiary/aromatic N) is 4. The number of esters is 1. The van der Waals surface area contributed by atoms with E-state index >= 15 is 0 Å². The molecule has 4 aromatic carbocycles. The number of likely N-dealkylation sites (tertiary alicyclic amines) is 2. The van der Waals surface area contributed by atoms with Crippen LogP contribution >= 0.6 is 0 Å². The van der Waals surface area contributed by atoms with Crippen LogP contribution in [0.15, 0.2) is 79.0 Å². The number of ether oxygens (including phenoxy) is 4. The number of alkyl carbamates (subject to hydrolysis) is 1. The van der Waals surface area contributed by atoms with E-state index < -0.39 is 24.0 Å². The van der Waals surface area contributed by atoms with E-state index in [1.807, 2.05) is 73.2 Å². The van der Waals surface area contributed by atoms with Crippen molar-refractivity contribution in [3.63, 3.8) is 0 Å². The minimum atomic E-state index is -0.732. The summed E-state index contributed by atoms with van der Waals surface area (Å²) in [6.07, 6.45) is 3.32. The van der Waals surface area contributed by atoms with E-state index in [1.54, 1.807) is 7.11 Å². The molecule has 0 bridgehead atoms. The molecule has 6 atom stereocenters. The van der Waals surface area contributed by atoms with Gasteiger partial charge >= 0.3 is 12.1 Å². The van der Waals surface area contributed by atoms with Gasteiger partial charge in [0.2, 0.25) is 11.8 Å². The van der Waals surface area contributed by atoms with Gasteiger partial charge in [-0.3, -0.25) is 14.4 Å². The molecule has 3 amide bonds. The lowest BCUT2D eigenvalue weighted by Crippen LogP contribution is -2.52. The van der Waals surface area contributed by atoms with Crippen LogP contribution in [0.1, 0.15) is 87.2 Å². The number of hydrogen-bond donors (Lipinski definition) is 3. The number of carbonyl (C=O) groups excluding carboxylic acids is 4. The highest BCUT2D eigenvalue weighted by Gasteiger charge is 2.43. The molecule has 0 radical (unpaired) electrons. The van der Waals surface area contributed by atoms with Gasteiger partial charge < -0.3 is 44.0 Å². The van der Waals surface area contributed by atoms with Crippen molar-refractivity contribution in [2.75, 3.05) is 34.5 Å². The number of H-pyrrole nitrogens is 2. The first-order valence-corrected chi connectivity index (χ1v) is 22.3. The summed E-state index contributed by atoms with van der Waals surface area (Å²) < 4.78 is 21.8. The fourth-order valence-electron chi connectivity index (χ4n) is 10.0. The third kappa shape index (κ3) is 8.29. The van der Waals surface area contributed by atoms with Gasteiger partial charge in [0.25, 0.3) is 0 Å². The molecule has 338 valence electrons. The van der Waals surface area contributed by atoms with Crippen molar-refractivity contribution >= 4 is 45.7 Å². The Hall–Kier alpha value is -6.74. The average Bonchev–Trinajstić information content (AvgIpc) is 4.15. The van der Waals surface area contributed by atoms with Crippen molar-refractivity contribution in [2.24, 2.45) is 11.8 Å². The zero-order valence-electron chi connectivity index (χ0n) is 37.6. The van der Waals surface area contributed by atoms with Crippen LogP contribution in [0, 0.1) is 11.8 Å². The van der Waals surface area contributed by atoms with Crippen molar-refractivity contribution < 1.29 is 38.1 Å². The fourth-order valence-corrected chi connectivity index (χ4v) is 10.0. The van der Waals surface area contributed by atoms with Crippen molar-refractivity contribution in [3.05, 3.63) is 102 Å². The summed E-state index contributed by atoms with van der Waals surface area (Å²) in [5.74, 6) is 0.648.